The number of nitrogens with one attached hydrogen (secondary N) is 2. The average molecular weight is 709 g/mol. The van der Waals surface area contributed by atoms with Crippen LogP contribution < -0.4 is 10.6 Å². The van der Waals surface area contributed by atoms with E-state index in [0.29, 0.717) is 29.9 Å². The van der Waals surface area contributed by atoms with Gasteiger partial charge in [0.05, 0.1) is 29.9 Å². The first-order valence-corrected chi connectivity index (χ1v) is 17.0. The molecule has 5 rings (SSSR count). The molecule has 0 aliphatic carbocycles. The number of imidazole rings is 1. The molecule has 11 heteroatoms. The zero-order valence-electron chi connectivity index (χ0n) is 28.4. The summed E-state index contributed by atoms with van der Waals surface area (Å²) in [6.07, 6.45) is -0.636. The van der Waals surface area contributed by atoms with Crippen LogP contribution in [0.15, 0.2) is 116 Å². The molecule has 51 heavy (non-hydrogen) atoms. The Labute approximate surface area is 301 Å². The molecule has 1 heterocycles. The smallest absolute Gasteiger partial charge is 0.351 e. The number of hydrogen-bond donors (Lipinski definition) is 2. The number of thiocarbonyl (C=S) groups is 1. The number of nitrogens with zero attached hydrogens (tertiary/aromatic N) is 4. The molecule has 1 amide bonds. The molecule has 5 aromatic rings. The molecule has 0 saturated carbocycles. The summed E-state index contributed by atoms with van der Waals surface area (Å²) in [5.41, 5.74) is 4.12. The van der Waals surface area contributed by atoms with Crippen molar-refractivity contribution >= 4 is 28.9 Å². The van der Waals surface area contributed by atoms with Crippen molar-refractivity contribution < 1.29 is 18.0 Å². The van der Waals surface area contributed by atoms with Crippen LogP contribution in [0, 0.1) is 17.2 Å². The SMILES string of the molecule is CC(C)C[C@@H](CN(Cc1ccccc1C(F)(F)F)C(=S)Nc1ccccc1-c1ccccc1)NC(=O)Cc1cncn1Cc1ccc(C#N)cc1. The quantitative estimate of drug-likeness (QED) is 0.120. The molecule has 0 spiro atoms. The van der Waals surface area contributed by atoms with E-state index in [4.69, 9.17) is 17.5 Å². The van der Waals surface area contributed by atoms with Crippen molar-refractivity contribution in [1.82, 2.24) is 19.8 Å². The van der Waals surface area contributed by atoms with Crippen molar-refractivity contribution in [3.8, 4) is 17.2 Å². The van der Waals surface area contributed by atoms with E-state index in [1.807, 2.05) is 85.1 Å². The summed E-state index contributed by atoms with van der Waals surface area (Å²) in [5, 5.41) is 15.8. The van der Waals surface area contributed by atoms with Gasteiger partial charge < -0.3 is 20.1 Å². The summed E-state index contributed by atoms with van der Waals surface area (Å²) < 4.78 is 44.3. The summed E-state index contributed by atoms with van der Waals surface area (Å²) in [6, 6.07) is 31.7. The molecule has 1 atom stereocenters. The third-order valence-electron chi connectivity index (χ3n) is 8.36. The average Bonchev–Trinajstić information content (AvgIpc) is 3.54. The van der Waals surface area contributed by atoms with Crippen LogP contribution in [0.25, 0.3) is 11.1 Å². The highest BCUT2D eigenvalue weighted by Crippen LogP contribution is 2.33. The fourth-order valence-corrected chi connectivity index (χ4v) is 6.24. The Morgan fingerprint density at radius 2 is 1.65 bits per heavy atom. The second kappa shape index (κ2) is 17.0. The first-order chi connectivity index (χ1) is 24.5. The number of alkyl halides is 3. The van der Waals surface area contributed by atoms with E-state index in [2.05, 4.69) is 21.7 Å². The highest BCUT2D eigenvalue weighted by molar-refractivity contribution is 7.80. The first-order valence-electron chi connectivity index (χ1n) is 16.6. The normalized spacial score (nSPS) is 11.9. The maximum Gasteiger partial charge on any atom is 0.416 e. The molecule has 0 radical (unpaired) electrons. The van der Waals surface area contributed by atoms with Gasteiger partial charge in [-0.05, 0) is 65.5 Å². The zero-order chi connectivity index (χ0) is 36.4. The standard InChI is InChI=1S/C40H39F3N6OS/c1-28(2)20-33(46-38(50)21-34-23-45-27-49(34)24-30-18-16-29(22-44)17-19-30)26-48(25-32-12-6-8-14-36(32)40(41,42)43)39(51)47-37-15-9-7-13-35(37)31-10-4-3-5-11-31/h3-19,23,27-28,33H,20-21,24-26H2,1-2H3,(H,46,50)(H,47,51)/t33-/m0/s1. The van der Waals surface area contributed by atoms with Crippen LogP contribution in [0.4, 0.5) is 18.9 Å². The molecule has 0 fully saturated rings. The van der Waals surface area contributed by atoms with Crippen molar-refractivity contribution in [2.75, 3.05) is 11.9 Å². The number of nitriles is 1. The van der Waals surface area contributed by atoms with Gasteiger partial charge in [0.25, 0.3) is 0 Å². The monoisotopic (exact) mass is 708 g/mol. The Balaban J connectivity index is 1.38. The van der Waals surface area contributed by atoms with E-state index >= 15 is 0 Å². The third kappa shape index (κ3) is 10.3. The lowest BCUT2D eigenvalue weighted by molar-refractivity contribution is -0.138. The lowest BCUT2D eigenvalue weighted by Crippen LogP contribution is -2.48. The minimum atomic E-state index is -4.55. The van der Waals surface area contributed by atoms with Crippen LogP contribution in [0.1, 0.15) is 48.2 Å². The number of halogens is 3. The topological polar surface area (TPSA) is 86.0 Å². The Morgan fingerprint density at radius 1 is 0.961 bits per heavy atom. The van der Waals surface area contributed by atoms with Crippen LogP contribution >= 0.6 is 12.2 Å². The largest absolute Gasteiger partial charge is 0.416 e. The molecule has 0 aliphatic heterocycles. The number of amides is 1. The van der Waals surface area contributed by atoms with Crippen molar-refractivity contribution in [1.29, 1.82) is 5.26 Å². The second-order valence-electron chi connectivity index (χ2n) is 12.8. The molecule has 1 aromatic heterocycles. The number of hydrogen-bond acceptors (Lipinski definition) is 4. The van der Waals surface area contributed by atoms with Crippen LogP contribution in [0.3, 0.4) is 0 Å². The number of carbonyl (C=O) groups excluding carboxylic acids is 1. The van der Waals surface area contributed by atoms with E-state index in [1.165, 1.54) is 12.1 Å². The minimum absolute atomic E-state index is 0.0505. The fourth-order valence-electron chi connectivity index (χ4n) is 5.99. The van der Waals surface area contributed by atoms with Gasteiger partial charge in [-0.25, -0.2) is 4.98 Å². The molecule has 262 valence electrons. The van der Waals surface area contributed by atoms with Gasteiger partial charge in [0.15, 0.2) is 5.11 Å². The molecule has 0 bridgehead atoms. The van der Waals surface area contributed by atoms with E-state index in [-0.39, 0.29) is 42.0 Å². The number of para-hydroxylation sites is 1. The van der Waals surface area contributed by atoms with Crippen LogP contribution in [0.5, 0.6) is 0 Å². The molecule has 7 nitrogen and oxygen atoms in total. The summed E-state index contributed by atoms with van der Waals surface area (Å²) in [6.45, 7) is 4.57. The summed E-state index contributed by atoms with van der Waals surface area (Å²) in [7, 11) is 0. The Bertz CT molecular complexity index is 1970. The fraction of sp³-hybridized carbons (Fsp3) is 0.250. The predicted molar refractivity (Wildman–Crippen MR) is 198 cm³/mol. The first kappa shape index (κ1) is 36.8. The van der Waals surface area contributed by atoms with Gasteiger partial charge >= 0.3 is 6.18 Å². The van der Waals surface area contributed by atoms with Crippen LogP contribution in [-0.4, -0.2) is 38.1 Å². The molecular weight excluding hydrogens is 670 g/mol. The van der Waals surface area contributed by atoms with Gasteiger partial charge in [-0.2, -0.15) is 18.4 Å². The molecule has 2 N–H and O–H groups in total. The van der Waals surface area contributed by atoms with E-state index in [0.717, 1.165) is 22.8 Å². The van der Waals surface area contributed by atoms with Gasteiger partial charge in [0, 0.05) is 48.8 Å². The van der Waals surface area contributed by atoms with Gasteiger partial charge in [0.2, 0.25) is 5.91 Å². The summed E-state index contributed by atoms with van der Waals surface area (Å²) in [5.74, 6) is -0.0759. The summed E-state index contributed by atoms with van der Waals surface area (Å²) in [4.78, 5) is 19.5. The van der Waals surface area contributed by atoms with Crippen LogP contribution in [-0.2, 0) is 30.5 Å². The predicted octanol–water partition coefficient (Wildman–Crippen LogP) is 8.46. The zero-order valence-corrected chi connectivity index (χ0v) is 29.2. The lowest BCUT2D eigenvalue weighted by atomic mass is 10.0. The maximum atomic E-state index is 14.1. The van der Waals surface area contributed by atoms with E-state index < -0.39 is 17.8 Å². The molecule has 0 saturated heterocycles. The van der Waals surface area contributed by atoms with Gasteiger partial charge in [-0.1, -0.05) is 92.7 Å². The minimum Gasteiger partial charge on any atom is -0.351 e. The van der Waals surface area contributed by atoms with Crippen molar-refractivity contribution in [2.24, 2.45) is 5.92 Å². The Hall–Kier alpha value is -5.47. The van der Waals surface area contributed by atoms with E-state index in [9.17, 15) is 18.0 Å². The maximum absolute atomic E-state index is 14.1. The molecule has 4 aromatic carbocycles. The molecule has 0 aliphatic rings. The molecular formula is C40H39F3N6OS. The van der Waals surface area contributed by atoms with Crippen molar-refractivity contribution in [2.45, 2.75) is 52.0 Å². The Kier molecular flexibility index (Phi) is 12.2. The van der Waals surface area contributed by atoms with Gasteiger partial charge in [-0.3, -0.25) is 4.79 Å². The second-order valence-corrected chi connectivity index (χ2v) is 13.2. The number of carbonyl (C=O) groups is 1. The van der Waals surface area contributed by atoms with Crippen molar-refractivity contribution in [3.63, 3.8) is 0 Å². The van der Waals surface area contributed by atoms with E-state index in [1.54, 1.807) is 35.6 Å². The lowest BCUT2D eigenvalue weighted by Gasteiger charge is -2.32. The van der Waals surface area contributed by atoms with Crippen molar-refractivity contribution in [3.05, 3.63) is 144 Å². The number of anilines is 1. The number of benzene rings is 4. The van der Waals surface area contributed by atoms with Gasteiger partial charge in [0.1, 0.15) is 0 Å². The van der Waals surface area contributed by atoms with Crippen LogP contribution in [0.2, 0.25) is 0 Å². The highest BCUT2D eigenvalue weighted by atomic mass is 32.1. The summed E-state index contributed by atoms with van der Waals surface area (Å²) >= 11 is 5.93. The Morgan fingerprint density at radius 3 is 2.35 bits per heavy atom. The number of rotatable bonds is 13. The third-order valence-corrected chi connectivity index (χ3v) is 8.72. The molecule has 0 unspecified atom stereocenters. The highest BCUT2D eigenvalue weighted by Gasteiger charge is 2.34. The van der Waals surface area contributed by atoms with Gasteiger partial charge in [-0.15, -0.1) is 0 Å². The number of aromatic nitrogens is 2.